The van der Waals surface area contributed by atoms with Gasteiger partial charge in [0.25, 0.3) is 0 Å². The first-order chi connectivity index (χ1) is 12.7. The first-order valence-corrected chi connectivity index (χ1v) is 8.64. The molecule has 0 saturated carbocycles. The van der Waals surface area contributed by atoms with Gasteiger partial charge in [0.15, 0.2) is 0 Å². The fraction of sp³-hybridized carbons (Fsp3) is 0.263. The summed E-state index contributed by atoms with van der Waals surface area (Å²) in [5.74, 6) is -0.918. The minimum Gasteiger partial charge on any atom is -0.477 e. The van der Waals surface area contributed by atoms with Crippen molar-refractivity contribution in [2.24, 2.45) is 0 Å². The standard InChI is InChI=1S/C19H19N5O2/c25-19(26)18-16-3-2-13-12-21-10-6-15(13)17(16)23-24(18)11-1-7-22-14-4-8-20-9-5-14/h4-6,8-10,12H,1-3,7,11H2,(H,20,22)(H,25,26). The van der Waals surface area contributed by atoms with Crippen LogP contribution in [0.1, 0.15) is 28.0 Å². The van der Waals surface area contributed by atoms with Gasteiger partial charge in [-0.3, -0.25) is 14.6 Å². The van der Waals surface area contributed by atoms with Crippen molar-refractivity contribution >= 4 is 11.7 Å². The molecule has 0 radical (unpaired) electrons. The number of aryl methyl sites for hydroxylation is 2. The van der Waals surface area contributed by atoms with E-state index in [2.05, 4.69) is 20.4 Å². The second-order valence-electron chi connectivity index (χ2n) is 6.25. The average molecular weight is 349 g/mol. The molecule has 1 aliphatic rings. The molecule has 0 atom stereocenters. The Morgan fingerprint density at radius 1 is 1.15 bits per heavy atom. The lowest BCUT2D eigenvalue weighted by molar-refractivity contribution is 0.0681. The number of hydrogen-bond donors (Lipinski definition) is 2. The number of carboxylic acid groups (broad SMARTS) is 1. The van der Waals surface area contributed by atoms with Gasteiger partial charge in [0.2, 0.25) is 0 Å². The maximum absolute atomic E-state index is 11.8. The van der Waals surface area contributed by atoms with Crippen LogP contribution in [0.15, 0.2) is 43.0 Å². The van der Waals surface area contributed by atoms with Crippen molar-refractivity contribution in [3.63, 3.8) is 0 Å². The van der Waals surface area contributed by atoms with E-state index in [1.54, 1.807) is 23.3 Å². The summed E-state index contributed by atoms with van der Waals surface area (Å²) in [4.78, 5) is 20.0. The first kappa shape index (κ1) is 16.3. The molecule has 2 N–H and O–H groups in total. The molecule has 0 saturated heterocycles. The van der Waals surface area contributed by atoms with Crippen molar-refractivity contribution in [3.8, 4) is 11.3 Å². The zero-order valence-corrected chi connectivity index (χ0v) is 14.2. The second-order valence-corrected chi connectivity index (χ2v) is 6.25. The van der Waals surface area contributed by atoms with Crippen LogP contribution in [0, 0.1) is 0 Å². The van der Waals surface area contributed by atoms with Gasteiger partial charge in [-0.25, -0.2) is 4.79 Å². The van der Waals surface area contributed by atoms with Gasteiger partial charge < -0.3 is 10.4 Å². The number of fused-ring (bicyclic) bond motifs is 3. The number of carboxylic acids is 1. The van der Waals surface area contributed by atoms with E-state index in [4.69, 9.17) is 0 Å². The highest BCUT2D eigenvalue weighted by Gasteiger charge is 2.27. The number of aromatic nitrogens is 4. The van der Waals surface area contributed by atoms with E-state index in [0.29, 0.717) is 18.7 Å². The van der Waals surface area contributed by atoms with Gasteiger partial charge in [0.1, 0.15) is 5.69 Å². The summed E-state index contributed by atoms with van der Waals surface area (Å²) in [7, 11) is 0. The van der Waals surface area contributed by atoms with Crippen molar-refractivity contribution < 1.29 is 9.90 Å². The molecule has 3 aromatic heterocycles. The third kappa shape index (κ3) is 3.03. The summed E-state index contributed by atoms with van der Waals surface area (Å²) in [6, 6.07) is 5.72. The molecule has 0 unspecified atom stereocenters. The lowest BCUT2D eigenvalue weighted by Crippen LogP contribution is -2.14. The summed E-state index contributed by atoms with van der Waals surface area (Å²) in [6.45, 7) is 1.28. The highest BCUT2D eigenvalue weighted by atomic mass is 16.4. The van der Waals surface area contributed by atoms with Gasteiger partial charge in [0.05, 0.1) is 5.69 Å². The maximum atomic E-state index is 11.8. The van der Waals surface area contributed by atoms with Crippen molar-refractivity contribution in [1.29, 1.82) is 0 Å². The van der Waals surface area contributed by atoms with E-state index in [9.17, 15) is 9.90 Å². The quantitative estimate of drug-likeness (QED) is 0.665. The Labute approximate surface area is 150 Å². The van der Waals surface area contributed by atoms with Crippen LogP contribution in [0.3, 0.4) is 0 Å². The van der Waals surface area contributed by atoms with Crippen LogP contribution in [-0.4, -0.2) is 37.4 Å². The molecular formula is C19H19N5O2. The Morgan fingerprint density at radius 3 is 2.77 bits per heavy atom. The first-order valence-electron chi connectivity index (χ1n) is 8.64. The zero-order valence-electron chi connectivity index (χ0n) is 14.2. The monoisotopic (exact) mass is 349 g/mol. The zero-order chi connectivity index (χ0) is 17.9. The molecule has 0 bridgehead atoms. The third-order valence-corrected chi connectivity index (χ3v) is 4.61. The molecule has 0 aliphatic heterocycles. The highest BCUT2D eigenvalue weighted by molar-refractivity contribution is 5.90. The van der Waals surface area contributed by atoms with Crippen LogP contribution in [0.2, 0.25) is 0 Å². The Morgan fingerprint density at radius 2 is 1.96 bits per heavy atom. The number of pyridine rings is 2. The lowest BCUT2D eigenvalue weighted by atomic mass is 9.90. The molecule has 26 heavy (non-hydrogen) atoms. The van der Waals surface area contributed by atoms with E-state index in [-0.39, 0.29) is 0 Å². The molecule has 132 valence electrons. The summed E-state index contributed by atoms with van der Waals surface area (Å²) in [6.07, 6.45) is 9.29. The number of nitrogens with one attached hydrogen (secondary N) is 1. The predicted octanol–water partition coefficient (Wildman–Crippen LogP) is 2.64. The van der Waals surface area contributed by atoms with Gasteiger partial charge in [-0.1, -0.05) is 0 Å². The molecular weight excluding hydrogens is 330 g/mol. The second kappa shape index (κ2) is 6.95. The SMILES string of the molecule is O=C(O)c1c2c(nn1CCCNc1ccncc1)-c1ccncc1CC2. The number of carbonyl (C=O) groups is 1. The molecule has 0 fully saturated rings. The maximum Gasteiger partial charge on any atom is 0.354 e. The average Bonchev–Trinajstić information content (AvgIpc) is 3.05. The van der Waals surface area contributed by atoms with E-state index in [1.165, 1.54) is 0 Å². The largest absolute Gasteiger partial charge is 0.477 e. The van der Waals surface area contributed by atoms with E-state index in [1.807, 2.05) is 24.4 Å². The van der Waals surface area contributed by atoms with Crippen LogP contribution in [0.25, 0.3) is 11.3 Å². The number of aromatic carboxylic acids is 1. The van der Waals surface area contributed by atoms with E-state index < -0.39 is 5.97 Å². The van der Waals surface area contributed by atoms with Gasteiger partial charge in [-0.2, -0.15) is 5.10 Å². The Bertz CT molecular complexity index is 936. The minimum atomic E-state index is -0.918. The smallest absolute Gasteiger partial charge is 0.354 e. The molecule has 3 aromatic rings. The van der Waals surface area contributed by atoms with Gasteiger partial charge in [-0.15, -0.1) is 0 Å². The predicted molar refractivity (Wildman–Crippen MR) is 97.2 cm³/mol. The van der Waals surface area contributed by atoms with Crippen LogP contribution in [-0.2, 0) is 19.4 Å². The number of nitrogens with zero attached hydrogens (tertiary/aromatic N) is 4. The molecule has 7 nitrogen and oxygen atoms in total. The molecule has 4 rings (SSSR count). The van der Waals surface area contributed by atoms with Crippen LogP contribution >= 0.6 is 0 Å². The van der Waals surface area contributed by atoms with Crippen molar-refractivity contribution in [2.75, 3.05) is 11.9 Å². The molecule has 7 heteroatoms. The van der Waals surface area contributed by atoms with Crippen molar-refractivity contribution in [1.82, 2.24) is 19.7 Å². The Hall–Kier alpha value is -3.22. The lowest BCUT2D eigenvalue weighted by Gasteiger charge is -2.14. The van der Waals surface area contributed by atoms with Gasteiger partial charge in [-0.05, 0) is 43.0 Å². The number of anilines is 1. The van der Waals surface area contributed by atoms with Crippen LogP contribution in [0.5, 0.6) is 0 Å². The third-order valence-electron chi connectivity index (χ3n) is 4.61. The minimum absolute atomic E-state index is 0.311. The summed E-state index contributed by atoms with van der Waals surface area (Å²) >= 11 is 0. The topological polar surface area (TPSA) is 92.9 Å². The Balaban J connectivity index is 1.53. The van der Waals surface area contributed by atoms with Crippen molar-refractivity contribution in [2.45, 2.75) is 25.8 Å². The number of hydrogen-bond acceptors (Lipinski definition) is 5. The fourth-order valence-electron chi connectivity index (χ4n) is 3.40. The molecule has 0 aromatic carbocycles. The van der Waals surface area contributed by atoms with Gasteiger partial charge in [0, 0.05) is 54.7 Å². The molecule has 0 spiro atoms. The summed E-state index contributed by atoms with van der Waals surface area (Å²) in [5.41, 5.74) is 5.05. The molecule has 0 amide bonds. The normalized spacial score (nSPS) is 12.3. The van der Waals surface area contributed by atoms with E-state index in [0.717, 1.165) is 47.5 Å². The fourth-order valence-corrected chi connectivity index (χ4v) is 3.40. The van der Waals surface area contributed by atoms with Crippen LogP contribution < -0.4 is 5.32 Å². The highest BCUT2D eigenvalue weighted by Crippen LogP contribution is 2.34. The molecule has 1 aliphatic carbocycles. The summed E-state index contributed by atoms with van der Waals surface area (Å²) in [5, 5.41) is 17.6. The summed E-state index contributed by atoms with van der Waals surface area (Å²) < 4.78 is 1.64. The van der Waals surface area contributed by atoms with Crippen LogP contribution in [0.4, 0.5) is 5.69 Å². The number of rotatable bonds is 6. The Kier molecular flexibility index (Phi) is 4.35. The van der Waals surface area contributed by atoms with Crippen molar-refractivity contribution in [3.05, 3.63) is 59.8 Å². The molecule has 3 heterocycles. The van der Waals surface area contributed by atoms with Gasteiger partial charge >= 0.3 is 5.97 Å². The van der Waals surface area contributed by atoms with E-state index >= 15 is 0 Å².